The highest BCUT2D eigenvalue weighted by Gasteiger charge is 2.17. The zero-order chi connectivity index (χ0) is 24.8. The van der Waals surface area contributed by atoms with Gasteiger partial charge in [0, 0.05) is 37.0 Å². The molecule has 7 aromatic rings. The van der Waals surface area contributed by atoms with Crippen molar-refractivity contribution in [2.75, 3.05) is 0 Å². The Kier molecular flexibility index (Phi) is 5.19. The molecule has 0 saturated heterocycles. The monoisotopic (exact) mass is 493 g/mol. The predicted molar refractivity (Wildman–Crippen MR) is 155 cm³/mol. The molecule has 0 saturated carbocycles. The summed E-state index contributed by atoms with van der Waals surface area (Å²) in [5.41, 5.74) is 6.79. The van der Waals surface area contributed by atoms with Crippen LogP contribution in [0, 0.1) is 6.92 Å². The first-order chi connectivity index (χ1) is 18.3. The van der Waals surface area contributed by atoms with Gasteiger partial charge < -0.3 is 0 Å². The Labute approximate surface area is 219 Å². The van der Waals surface area contributed by atoms with E-state index in [1.807, 2.05) is 29.5 Å². The van der Waals surface area contributed by atoms with Crippen LogP contribution in [0.2, 0.25) is 0 Å². The summed E-state index contributed by atoms with van der Waals surface area (Å²) in [6.45, 7) is 2.10. The van der Waals surface area contributed by atoms with Crippen molar-refractivity contribution in [3.05, 3.63) is 127 Å². The van der Waals surface area contributed by atoms with Crippen molar-refractivity contribution in [2.24, 2.45) is 0 Å². The summed E-state index contributed by atoms with van der Waals surface area (Å²) in [6, 6.07) is 42.7. The number of rotatable bonds is 4. The van der Waals surface area contributed by atoms with Crippen molar-refractivity contribution >= 4 is 31.5 Å². The molecule has 0 bridgehead atoms. The Morgan fingerprint density at radius 1 is 0.541 bits per heavy atom. The SMILES string of the molecule is Cc1ccc(-c2nnc(-c3ccc(-c4cccc5c4sc4ccccc45)cc3)n2-c2ccccc2)cc1. The van der Waals surface area contributed by atoms with E-state index in [1.165, 1.54) is 36.9 Å². The highest BCUT2D eigenvalue weighted by atomic mass is 32.1. The molecule has 5 aromatic carbocycles. The molecule has 0 spiro atoms. The van der Waals surface area contributed by atoms with E-state index in [4.69, 9.17) is 0 Å². The smallest absolute Gasteiger partial charge is 0.168 e. The van der Waals surface area contributed by atoms with Gasteiger partial charge in [0.05, 0.1) is 0 Å². The minimum atomic E-state index is 0.827. The first-order valence-corrected chi connectivity index (χ1v) is 13.2. The minimum Gasteiger partial charge on any atom is -0.275 e. The van der Waals surface area contributed by atoms with Crippen molar-refractivity contribution < 1.29 is 0 Å². The summed E-state index contributed by atoms with van der Waals surface area (Å²) in [5.74, 6) is 1.66. The zero-order valence-electron chi connectivity index (χ0n) is 20.3. The van der Waals surface area contributed by atoms with Crippen molar-refractivity contribution in [3.8, 4) is 39.6 Å². The highest BCUT2D eigenvalue weighted by Crippen LogP contribution is 2.40. The van der Waals surface area contributed by atoms with Crippen molar-refractivity contribution in [3.63, 3.8) is 0 Å². The van der Waals surface area contributed by atoms with Gasteiger partial charge in [-0.1, -0.05) is 109 Å². The van der Waals surface area contributed by atoms with Crippen LogP contribution in [0.25, 0.3) is 59.8 Å². The molecule has 0 aliphatic heterocycles. The fourth-order valence-corrected chi connectivity index (χ4v) is 6.19. The maximum atomic E-state index is 4.66. The maximum Gasteiger partial charge on any atom is 0.168 e. The normalized spacial score (nSPS) is 11.4. The van der Waals surface area contributed by atoms with E-state index < -0.39 is 0 Å². The van der Waals surface area contributed by atoms with Crippen LogP contribution in [-0.2, 0) is 0 Å². The van der Waals surface area contributed by atoms with Crippen molar-refractivity contribution in [2.45, 2.75) is 6.92 Å². The molecule has 0 unspecified atom stereocenters. The van der Waals surface area contributed by atoms with Gasteiger partial charge in [0.15, 0.2) is 11.6 Å². The van der Waals surface area contributed by atoms with Crippen LogP contribution in [0.15, 0.2) is 121 Å². The Hall–Kier alpha value is -4.54. The van der Waals surface area contributed by atoms with Crippen LogP contribution in [0.5, 0.6) is 0 Å². The first-order valence-electron chi connectivity index (χ1n) is 12.4. The number of aryl methyl sites for hydroxylation is 1. The van der Waals surface area contributed by atoms with Crippen LogP contribution >= 0.6 is 11.3 Å². The second-order valence-electron chi connectivity index (χ2n) is 9.24. The number of hydrogen-bond donors (Lipinski definition) is 0. The fourth-order valence-electron chi connectivity index (χ4n) is 4.96. The first kappa shape index (κ1) is 21.7. The number of para-hydroxylation sites is 1. The zero-order valence-corrected chi connectivity index (χ0v) is 21.1. The lowest BCUT2D eigenvalue weighted by molar-refractivity contribution is 1.07. The molecular formula is C33H23N3S. The second-order valence-corrected chi connectivity index (χ2v) is 10.3. The molecule has 0 aliphatic rings. The van der Waals surface area contributed by atoms with Gasteiger partial charge in [-0.3, -0.25) is 4.57 Å². The molecule has 0 radical (unpaired) electrons. The van der Waals surface area contributed by atoms with E-state index in [1.54, 1.807) is 0 Å². The predicted octanol–water partition coefficient (Wildman–Crippen LogP) is 8.94. The number of nitrogens with zero attached hydrogens (tertiary/aromatic N) is 3. The summed E-state index contributed by atoms with van der Waals surface area (Å²) in [6.07, 6.45) is 0. The third kappa shape index (κ3) is 3.74. The van der Waals surface area contributed by atoms with Gasteiger partial charge in [-0.2, -0.15) is 0 Å². The average Bonchev–Trinajstić information content (AvgIpc) is 3.56. The van der Waals surface area contributed by atoms with Gasteiger partial charge in [0.2, 0.25) is 0 Å². The Balaban J connectivity index is 1.34. The molecule has 4 heteroatoms. The van der Waals surface area contributed by atoms with Crippen LogP contribution in [-0.4, -0.2) is 14.8 Å². The highest BCUT2D eigenvalue weighted by molar-refractivity contribution is 7.26. The van der Waals surface area contributed by atoms with Crippen LogP contribution in [0.1, 0.15) is 5.56 Å². The quantitative estimate of drug-likeness (QED) is 0.245. The van der Waals surface area contributed by atoms with E-state index in [0.717, 1.165) is 28.5 Å². The molecule has 37 heavy (non-hydrogen) atoms. The van der Waals surface area contributed by atoms with Gasteiger partial charge in [-0.25, -0.2) is 0 Å². The Bertz CT molecular complexity index is 1860. The summed E-state index contributed by atoms with van der Waals surface area (Å²) in [7, 11) is 0. The van der Waals surface area contributed by atoms with E-state index in [9.17, 15) is 0 Å². The topological polar surface area (TPSA) is 30.7 Å². The average molecular weight is 494 g/mol. The lowest BCUT2D eigenvalue weighted by atomic mass is 10.0. The number of benzene rings is 5. The lowest BCUT2D eigenvalue weighted by Gasteiger charge is -2.11. The van der Waals surface area contributed by atoms with E-state index >= 15 is 0 Å². The molecule has 0 atom stereocenters. The second kappa shape index (κ2) is 8.84. The van der Waals surface area contributed by atoms with Gasteiger partial charge in [0.1, 0.15) is 0 Å². The standard InChI is InChI=1S/C33H23N3S/c1-22-14-16-24(17-15-22)32-34-35-33(36(32)26-8-3-2-4-9-26)25-20-18-23(19-21-25)27-11-7-12-29-28-10-5-6-13-30(28)37-31(27)29/h2-21H,1H3. The van der Waals surface area contributed by atoms with E-state index in [0.29, 0.717) is 0 Å². The number of thiophene rings is 1. The molecule has 0 N–H and O–H groups in total. The molecule has 3 nitrogen and oxygen atoms in total. The molecule has 2 heterocycles. The Morgan fingerprint density at radius 3 is 1.86 bits per heavy atom. The fraction of sp³-hybridized carbons (Fsp3) is 0.0303. The summed E-state index contributed by atoms with van der Waals surface area (Å²) in [5, 5.41) is 11.9. The third-order valence-electron chi connectivity index (χ3n) is 6.85. The molecule has 0 aliphatic carbocycles. The van der Waals surface area contributed by atoms with Gasteiger partial charge in [-0.05, 0) is 36.2 Å². The molecule has 2 aromatic heterocycles. The van der Waals surface area contributed by atoms with Crippen LogP contribution in [0.3, 0.4) is 0 Å². The minimum absolute atomic E-state index is 0.827. The van der Waals surface area contributed by atoms with Gasteiger partial charge in [0.25, 0.3) is 0 Å². The number of aromatic nitrogens is 3. The van der Waals surface area contributed by atoms with Crippen molar-refractivity contribution in [1.29, 1.82) is 0 Å². The molecule has 0 fully saturated rings. The summed E-state index contributed by atoms with van der Waals surface area (Å²) < 4.78 is 4.79. The Morgan fingerprint density at radius 2 is 1.14 bits per heavy atom. The van der Waals surface area contributed by atoms with Crippen LogP contribution in [0.4, 0.5) is 0 Å². The van der Waals surface area contributed by atoms with Crippen LogP contribution < -0.4 is 0 Å². The summed E-state index contributed by atoms with van der Waals surface area (Å²) >= 11 is 1.86. The maximum absolute atomic E-state index is 4.66. The molecular weight excluding hydrogens is 470 g/mol. The van der Waals surface area contributed by atoms with Gasteiger partial charge in [-0.15, -0.1) is 21.5 Å². The number of fused-ring (bicyclic) bond motifs is 3. The number of hydrogen-bond acceptors (Lipinski definition) is 3. The largest absolute Gasteiger partial charge is 0.275 e. The molecule has 0 amide bonds. The van der Waals surface area contributed by atoms with E-state index in [-0.39, 0.29) is 0 Å². The van der Waals surface area contributed by atoms with Gasteiger partial charge >= 0.3 is 0 Å². The van der Waals surface area contributed by atoms with Crippen molar-refractivity contribution in [1.82, 2.24) is 14.8 Å². The lowest BCUT2D eigenvalue weighted by Crippen LogP contribution is -2.00. The molecule has 176 valence electrons. The third-order valence-corrected chi connectivity index (χ3v) is 8.07. The summed E-state index contributed by atoms with van der Waals surface area (Å²) in [4.78, 5) is 0. The molecule has 7 rings (SSSR count). The van der Waals surface area contributed by atoms with E-state index in [2.05, 4.69) is 125 Å².